The first-order valence-electron chi connectivity index (χ1n) is 7.75. The van der Waals surface area contributed by atoms with Gasteiger partial charge >= 0.3 is 5.97 Å². The molecule has 0 aromatic heterocycles. The topological polar surface area (TPSA) is 94.1 Å². The highest BCUT2D eigenvalue weighted by Gasteiger charge is 2.45. The second-order valence-corrected chi connectivity index (χ2v) is 5.89. The van der Waals surface area contributed by atoms with Gasteiger partial charge in [0, 0.05) is 18.5 Å². The number of nitrogens with one attached hydrogen (secondary N) is 1. The normalized spacial score (nSPS) is 15.1. The Kier molecular flexibility index (Phi) is 5.54. The zero-order valence-corrected chi connectivity index (χ0v) is 14.2. The predicted octanol–water partition coefficient (Wildman–Crippen LogP) is 1.97. The number of ether oxygens (including phenoxy) is 3. The van der Waals surface area contributed by atoms with Gasteiger partial charge in [-0.3, -0.25) is 9.59 Å². The lowest BCUT2D eigenvalue weighted by molar-refractivity contribution is -0.157. The molecule has 2 rings (SSSR count). The molecule has 0 radical (unpaired) electrons. The molecule has 0 spiro atoms. The second-order valence-electron chi connectivity index (χ2n) is 5.89. The molecule has 1 amide bonds. The van der Waals surface area contributed by atoms with Gasteiger partial charge in [0.25, 0.3) is 0 Å². The average Bonchev–Trinajstić information content (AvgIpc) is 2.54. The van der Waals surface area contributed by atoms with E-state index >= 15 is 0 Å². The Bertz CT molecular complexity index is 624. The van der Waals surface area contributed by atoms with Crippen LogP contribution in [-0.4, -0.2) is 38.3 Å². The fourth-order valence-corrected chi connectivity index (χ4v) is 2.94. The van der Waals surface area contributed by atoms with Crippen LogP contribution in [0.5, 0.6) is 17.2 Å². The fraction of sp³-hybridized carbons (Fsp3) is 0.529. The number of carboxylic acids is 1. The van der Waals surface area contributed by atoms with Gasteiger partial charge in [0.2, 0.25) is 11.7 Å². The third-order valence-corrected chi connectivity index (χ3v) is 4.53. The van der Waals surface area contributed by atoms with Crippen LogP contribution >= 0.6 is 0 Å². The molecule has 0 aliphatic heterocycles. The second kappa shape index (κ2) is 7.42. The quantitative estimate of drug-likeness (QED) is 0.753. The van der Waals surface area contributed by atoms with E-state index in [-0.39, 0.29) is 18.9 Å². The highest BCUT2D eigenvalue weighted by Crippen LogP contribution is 2.44. The number of carboxylic acid groups (broad SMARTS) is 1. The summed E-state index contributed by atoms with van der Waals surface area (Å²) in [4.78, 5) is 23.5. The van der Waals surface area contributed by atoms with Crippen molar-refractivity contribution >= 4 is 11.9 Å². The van der Waals surface area contributed by atoms with Gasteiger partial charge in [0.05, 0.1) is 26.7 Å². The van der Waals surface area contributed by atoms with Crippen molar-refractivity contribution in [1.29, 1.82) is 0 Å². The van der Waals surface area contributed by atoms with E-state index in [1.54, 1.807) is 12.1 Å². The summed E-state index contributed by atoms with van der Waals surface area (Å²) in [6.07, 6.45) is 1.95. The van der Waals surface area contributed by atoms with Crippen molar-refractivity contribution in [3.8, 4) is 17.2 Å². The maximum Gasteiger partial charge on any atom is 0.310 e. The van der Waals surface area contributed by atoms with Crippen LogP contribution in [0.2, 0.25) is 0 Å². The first kappa shape index (κ1) is 17.9. The monoisotopic (exact) mass is 337 g/mol. The molecular weight excluding hydrogens is 314 g/mol. The zero-order chi connectivity index (χ0) is 17.7. The lowest BCUT2D eigenvalue weighted by atomic mass is 9.66. The van der Waals surface area contributed by atoms with Crippen molar-refractivity contribution in [3.63, 3.8) is 0 Å². The van der Waals surface area contributed by atoms with Crippen molar-refractivity contribution in [3.05, 3.63) is 17.7 Å². The molecule has 1 fully saturated rings. The lowest BCUT2D eigenvalue weighted by Crippen LogP contribution is -2.42. The van der Waals surface area contributed by atoms with Crippen LogP contribution in [0, 0.1) is 5.41 Å². The Labute approximate surface area is 140 Å². The van der Waals surface area contributed by atoms with Crippen LogP contribution in [0.4, 0.5) is 0 Å². The van der Waals surface area contributed by atoms with E-state index in [9.17, 15) is 14.7 Å². The summed E-state index contributed by atoms with van der Waals surface area (Å²) >= 11 is 0. The zero-order valence-electron chi connectivity index (χ0n) is 14.2. The SMILES string of the molecule is COc1ccc(CNC(=O)CC2(C(=O)O)CCC2)c(OC)c1OC. The first-order valence-corrected chi connectivity index (χ1v) is 7.75. The number of benzene rings is 1. The molecule has 2 N–H and O–H groups in total. The lowest BCUT2D eigenvalue weighted by Gasteiger charge is -2.36. The fourth-order valence-electron chi connectivity index (χ4n) is 2.94. The van der Waals surface area contributed by atoms with Gasteiger partial charge in [0.1, 0.15) is 0 Å². The van der Waals surface area contributed by atoms with Crippen LogP contribution < -0.4 is 19.5 Å². The molecule has 1 aliphatic carbocycles. The van der Waals surface area contributed by atoms with Crippen LogP contribution in [0.25, 0.3) is 0 Å². The molecule has 0 atom stereocenters. The van der Waals surface area contributed by atoms with Gasteiger partial charge in [-0.05, 0) is 25.0 Å². The number of rotatable bonds is 8. The van der Waals surface area contributed by atoms with Gasteiger partial charge < -0.3 is 24.6 Å². The number of carbonyl (C=O) groups excluding carboxylic acids is 1. The Balaban J connectivity index is 2.06. The maximum atomic E-state index is 12.1. The standard InChI is InChI=1S/C17H23NO6/c1-22-12-6-5-11(14(23-2)15(12)24-3)10-18-13(19)9-17(16(20)21)7-4-8-17/h5-6H,4,7-10H2,1-3H3,(H,18,19)(H,20,21). The summed E-state index contributed by atoms with van der Waals surface area (Å²) in [7, 11) is 4.55. The molecule has 132 valence electrons. The Hall–Kier alpha value is -2.44. The van der Waals surface area contributed by atoms with E-state index < -0.39 is 11.4 Å². The first-order chi connectivity index (χ1) is 11.5. The molecular formula is C17H23NO6. The Morgan fingerprint density at radius 1 is 1.12 bits per heavy atom. The van der Waals surface area contributed by atoms with Gasteiger partial charge in [-0.1, -0.05) is 6.42 Å². The van der Waals surface area contributed by atoms with E-state index in [0.29, 0.717) is 30.1 Å². The molecule has 0 unspecified atom stereocenters. The highest BCUT2D eigenvalue weighted by molar-refractivity contribution is 5.85. The molecule has 1 saturated carbocycles. The molecule has 1 aromatic rings. The van der Waals surface area contributed by atoms with Crippen LogP contribution in [0.3, 0.4) is 0 Å². The minimum atomic E-state index is -0.897. The number of amides is 1. The summed E-state index contributed by atoms with van der Waals surface area (Å²) < 4.78 is 15.9. The van der Waals surface area contributed by atoms with Gasteiger partial charge in [-0.2, -0.15) is 0 Å². The summed E-state index contributed by atoms with van der Waals surface area (Å²) in [6, 6.07) is 3.50. The Morgan fingerprint density at radius 2 is 1.79 bits per heavy atom. The summed E-state index contributed by atoms with van der Waals surface area (Å²) in [5, 5.41) is 12.1. The third-order valence-electron chi connectivity index (χ3n) is 4.53. The largest absolute Gasteiger partial charge is 0.493 e. The van der Waals surface area contributed by atoms with Crippen LogP contribution in [-0.2, 0) is 16.1 Å². The highest BCUT2D eigenvalue weighted by atomic mass is 16.5. The number of aliphatic carboxylic acids is 1. The van der Waals surface area contributed by atoms with Gasteiger partial charge in [0.15, 0.2) is 11.5 Å². The molecule has 1 aliphatic rings. The molecule has 24 heavy (non-hydrogen) atoms. The van der Waals surface area contributed by atoms with Crippen molar-refractivity contribution in [1.82, 2.24) is 5.32 Å². The van der Waals surface area contributed by atoms with Crippen LogP contribution in [0.1, 0.15) is 31.2 Å². The molecule has 1 aromatic carbocycles. The van der Waals surface area contributed by atoms with Gasteiger partial charge in [-0.25, -0.2) is 0 Å². The van der Waals surface area contributed by atoms with Crippen LogP contribution in [0.15, 0.2) is 12.1 Å². The van der Waals surface area contributed by atoms with Crippen molar-refractivity contribution < 1.29 is 28.9 Å². The Morgan fingerprint density at radius 3 is 2.25 bits per heavy atom. The van der Waals surface area contributed by atoms with Crippen molar-refractivity contribution in [2.24, 2.45) is 5.41 Å². The number of hydrogen-bond donors (Lipinski definition) is 2. The van der Waals surface area contributed by atoms with E-state index in [1.165, 1.54) is 21.3 Å². The molecule has 7 nitrogen and oxygen atoms in total. The number of methoxy groups -OCH3 is 3. The van der Waals surface area contributed by atoms with Crippen molar-refractivity contribution in [2.45, 2.75) is 32.2 Å². The molecule has 0 bridgehead atoms. The number of hydrogen-bond acceptors (Lipinski definition) is 5. The average molecular weight is 337 g/mol. The van der Waals surface area contributed by atoms with E-state index in [2.05, 4.69) is 5.32 Å². The molecule has 7 heteroatoms. The number of carbonyl (C=O) groups is 2. The smallest absolute Gasteiger partial charge is 0.310 e. The van der Waals surface area contributed by atoms with Gasteiger partial charge in [-0.15, -0.1) is 0 Å². The summed E-state index contributed by atoms with van der Waals surface area (Å²) in [5.74, 6) is 0.284. The minimum Gasteiger partial charge on any atom is -0.493 e. The molecule has 0 saturated heterocycles. The third kappa shape index (κ3) is 3.39. The van der Waals surface area contributed by atoms with E-state index in [4.69, 9.17) is 14.2 Å². The van der Waals surface area contributed by atoms with Crippen molar-refractivity contribution in [2.75, 3.05) is 21.3 Å². The van der Waals surface area contributed by atoms with E-state index in [1.807, 2.05) is 0 Å². The predicted molar refractivity (Wildman–Crippen MR) is 86.5 cm³/mol. The molecule has 0 heterocycles. The minimum absolute atomic E-state index is 0.00205. The summed E-state index contributed by atoms with van der Waals surface area (Å²) in [6.45, 7) is 0.220. The maximum absolute atomic E-state index is 12.1. The summed E-state index contributed by atoms with van der Waals surface area (Å²) in [5.41, 5.74) is -0.173. The van der Waals surface area contributed by atoms with E-state index in [0.717, 1.165) is 12.0 Å².